The Kier molecular flexibility index (Phi) is 4.32. The van der Waals surface area contributed by atoms with Gasteiger partial charge in [-0.05, 0) is 49.4 Å². The first-order valence-electron chi connectivity index (χ1n) is 8.00. The van der Waals surface area contributed by atoms with Crippen molar-refractivity contribution in [2.24, 2.45) is 0 Å². The van der Waals surface area contributed by atoms with Gasteiger partial charge in [-0.15, -0.1) is 0 Å². The Morgan fingerprint density at radius 2 is 2.05 bits per heavy atom. The molecule has 1 fully saturated rings. The van der Waals surface area contributed by atoms with Crippen molar-refractivity contribution in [1.29, 1.82) is 0 Å². The van der Waals surface area contributed by atoms with E-state index >= 15 is 0 Å². The zero-order valence-electron chi connectivity index (χ0n) is 12.9. The summed E-state index contributed by atoms with van der Waals surface area (Å²) >= 11 is 0. The Labute approximate surface area is 129 Å². The SMILES string of the molecule is CCc1cc2[nH]c(CNC(=O)N3CCCCC3)cc2cc1F. The molecule has 2 N–H and O–H groups in total. The van der Waals surface area contributed by atoms with E-state index in [1.54, 1.807) is 6.07 Å². The molecule has 2 amide bonds. The van der Waals surface area contributed by atoms with Gasteiger partial charge in [0.25, 0.3) is 0 Å². The number of aromatic nitrogens is 1. The lowest BCUT2D eigenvalue weighted by Gasteiger charge is -2.26. The molecule has 1 saturated heterocycles. The summed E-state index contributed by atoms with van der Waals surface area (Å²) in [7, 11) is 0. The number of nitrogens with zero attached hydrogens (tertiary/aromatic N) is 1. The second-order valence-corrected chi connectivity index (χ2v) is 5.89. The molecule has 0 spiro atoms. The minimum Gasteiger partial charge on any atom is -0.357 e. The third-order valence-corrected chi connectivity index (χ3v) is 4.30. The molecule has 5 heteroatoms. The van der Waals surface area contributed by atoms with Crippen LogP contribution in [0.1, 0.15) is 37.4 Å². The monoisotopic (exact) mass is 303 g/mol. The lowest BCUT2D eigenvalue weighted by molar-refractivity contribution is 0.186. The summed E-state index contributed by atoms with van der Waals surface area (Å²) in [6.07, 6.45) is 4.04. The molecule has 4 nitrogen and oxygen atoms in total. The number of nitrogens with one attached hydrogen (secondary N) is 2. The van der Waals surface area contributed by atoms with Gasteiger partial charge in [0.15, 0.2) is 0 Å². The predicted molar refractivity (Wildman–Crippen MR) is 85.3 cm³/mol. The van der Waals surface area contributed by atoms with Crippen molar-refractivity contribution < 1.29 is 9.18 Å². The number of carbonyl (C=O) groups is 1. The van der Waals surface area contributed by atoms with E-state index in [9.17, 15) is 9.18 Å². The molecule has 0 atom stereocenters. The summed E-state index contributed by atoms with van der Waals surface area (Å²) in [6, 6.07) is 5.29. The molecule has 22 heavy (non-hydrogen) atoms. The number of halogens is 1. The summed E-state index contributed by atoms with van der Waals surface area (Å²) in [6.45, 7) is 4.05. The maximum atomic E-state index is 13.8. The number of hydrogen-bond donors (Lipinski definition) is 2. The number of benzene rings is 1. The van der Waals surface area contributed by atoms with Gasteiger partial charge in [0.1, 0.15) is 5.82 Å². The van der Waals surface area contributed by atoms with Gasteiger partial charge in [0.05, 0.1) is 6.54 Å². The highest BCUT2D eigenvalue weighted by Crippen LogP contribution is 2.20. The third kappa shape index (κ3) is 3.08. The topological polar surface area (TPSA) is 48.1 Å². The van der Waals surface area contributed by atoms with E-state index in [1.165, 1.54) is 6.42 Å². The van der Waals surface area contributed by atoms with E-state index in [4.69, 9.17) is 0 Å². The minimum absolute atomic E-state index is 0.0150. The quantitative estimate of drug-likeness (QED) is 0.895. The number of rotatable bonds is 3. The molecular weight excluding hydrogens is 281 g/mol. The normalized spacial score (nSPS) is 15.3. The molecule has 1 aliphatic heterocycles. The Bertz CT molecular complexity index is 674. The van der Waals surface area contributed by atoms with E-state index < -0.39 is 0 Å². The number of aromatic amines is 1. The van der Waals surface area contributed by atoms with Crippen molar-refractivity contribution in [3.05, 3.63) is 35.3 Å². The van der Waals surface area contributed by atoms with Crippen LogP contribution in [0.5, 0.6) is 0 Å². The van der Waals surface area contributed by atoms with Crippen molar-refractivity contribution in [3.63, 3.8) is 0 Å². The molecule has 2 heterocycles. The summed E-state index contributed by atoms with van der Waals surface area (Å²) in [5, 5.41) is 3.78. The standard InChI is InChI=1S/C17H22FN3O/c1-2-12-10-16-13(9-15(12)18)8-14(20-16)11-19-17(22)21-6-4-3-5-7-21/h8-10,20H,2-7,11H2,1H3,(H,19,22). The van der Waals surface area contributed by atoms with Crippen molar-refractivity contribution in [1.82, 2.24) is 15.2 Å². The maximum absolute atomic E-state index is 13.8. The lowest BCUT2D eigenvalue weighted by atomic mass is 10.1. The number of likely N-dealkylation sites (tertiary alicyclic amines) is 1. The van der Waals surface area contributed by atoms with Crippen molar-refractivity contribution in [3.8, 4) is 0 Å². The smallest absolute Gasteiger partial charge is 0.317 e. The number of piperidine rings is 1. The molecule has 3 rings (SSSR count). The van der Waals surface area contributed by atoms with Crippen molar-refractivity contribution in [2.75, 3.05) is 13.1 Å². The first kappa shape index (κ1) is 14.9. The highest BCUT2D eigenvalue weighted by atomic mass is 19.1. The molecule has 0 saturated carbocycles. The summed E-state index contributed by atoms with van der Waals surface area (Å²) in [5.41, 5.74) is 2.52. The number of fused-ring (bicyclic) bond motifs is 1. The van der Waals surface area contributed by atoms with E-state index in [-0.39, 0.29) is 11.8 Å². The van der Waals surface area contributed by atoms with Gasteiger partial charge in [-0.3, -0.25) is 0 Å². The average molecular weight is 303 g/mol. The van der Waals surface area contributed by atoms with E-state index in [0.29, 0.717) is 18.5 Å². The second kappa shape index (κ2) is 6.38. The zero-order valence-corrected chi connectivity index (χ0v) is 12.9. The van der Waals surface area contributed by atoms with Crippen LogP contribution in [0.3, 0.4) is 0 Å². The van der Waals surface area contributed by atoms with Crippen LogP contribution in [-0.2, 0) is 13.0 Å². The van der Waals surface area contributed by atoms with Gasteiger partial charge in [-0.2, -0.15) is 0 Å². The fourth-order valence-corrected chi connectivity index (χ4v) is 3.00. The number of hydrogen-bond acceptors (Lipinski definition) is 1. The van der Waals surface area contributed by atoms with Crippen LogP contribution in [0.15, 0.2) is 18.2 Å². The van der Waals surface area contributed by atoms with Gasteiger partial charge in [0, 0.05) is 29.7 Å². The minimum atomic E-state index is -0.169. The van der Waals surface area contributed by atoms with Crippen molar-refractivity contribution >= 4 is 16.9 Å². The lowest BCUT2D eigenvalue weighted by Crippen LogP contribution is -2.42. The van der Waals surface area contributed by atoms with Crippen LogP contribution in [0.4, 0.5) is 9.18 Å². The number of aryl methyl sites for hydroxylation is 1. The van der Waals surface area contributed by atoms with E-state index in [2.05, 4.69) is 10.3 Å². The molecule has 0 unspecified atom stereocenters. The van der Waals surface area contributed by atoms with Crippen LogP contribution in [-0.4, -0.2) is 29.0 Å². The number of urea groups is 1. The first-order valence-corrected chi connectivity index (χ1v) is 8.00. The Morgan fingerprint density at radius 3 is 2.77 bits per heavy atom. The van der Waals surface area contributed by atoms with Crippen LogP contribution < -0.4 is 5.32 Å². The van der Waals surface area contributed by atoms with Crippen molar-refractivity contribution in [2.45, 2.75) is 39.2 Å². The molecule has 1 aromatic carbocycles. The fraction of sp³-hybridized carbons (Fsp3) is 0.471. The molecule has 0 bridgehead atoms. The molecule has 1 aliphatic rings. The maximum Gasteiger partial charge on any atom is 0.317 e. The zero-order chi connectivity index (χ0) is 15.5. The molecule has 0 radical (unpaired) electrons. The number of amides is 2. The third-order valence-electron chi connectivity index (χ3n) is 4.30. The highest BCUT2D eigenvalue weighted by Gasteiger charge is 2.16. The fourth-order valence-electron chi connectivity index (χ4n) is 3.00. The highest BCUT2D eigenvalue weighted by molar-refractivity contribution is 5.81. The summed E-state index contributed by atoms with van der Waals surface area (Å²) < 4.78 is 13.8. The van der Waals surface area contributed by atoms with E-state index in [0.717, 1.165) is 42.5 Å². The van der Waals surface area contributed by atoms with Gasteiger partial charge in [-0.1, -0.05) is 6.92 Å². The average Bonchev–Trinajstić information content (AvgIpc) is 2.94. The predicted octanol–water partition coefficient (Wildman–Crippen LogP) is 3.56. The number of H-pyrrole nitrogens is 1. The first-order chi connectivity index (χ1) is 10.7. The van der Waals surface area contributed by atoms with Gasteiger partial charge in [-0.25, -0.2) is 9.18 Å². The second-order valence-electron chi connectivity index (χ2n) is 5.89. The van der Waals surface area contributed by atoms with Crippen LogP contribution in [0, 0.1) is 5.82 Å². The van der Waals surface area contributed by atoms with Crippen LogP contribution in [0.25, 0.3) is 10.9 Å². The molecule has 0 aliphatic carbocycles. The summed E-state index contributed by atoms with van der Waals surface area (Å²) in [5.74, 6) is -0.169. The van der Waals surface area contributed by atoms with Crippen LogP contribution >= 0.6 is 0 Å². The number of carbonyl (C=O) groups excluding carboxylic acids is 1. The molecule has 1 aromatic heterocycles. The van der Waals surface area contributed by atoms with Crippen LogP contribution in [0.2, 0.25) is 0 Å². The van der Waals surface area contributed by atoms with Gasteiger partial charge < -0.3 is 15.2 Å². The Morgan fingerprint density at radius 1 is 1.27 bits per heavy atom. The van der Waals surface area contributed by atoms with Gasteiger partial charge in [0.2, 0.25) is 0 Å². The Hall–Kier alpha value is -2.04. The molecule has 2 aromatic rings. The Balaban J connectivity index is 1.67. The largest absolute Gasteiger partial charge is 0.357 e. The molecule has 118 valence electrons. The summed E-state index contributed by atoms with van der Waals surface area (Å²) in [4.78, 5) is 17.2. The van der Waals surface area contributed by atoms with E-state index in [1.807, 2.05) is 24.0 Å². The van der Waals surface area contributed by atoms with Gasteiger partial charge >= 0.3 is 6.03 Å². The molecular formula is C17H22FN3O.